The molecule has 2 heterocycles. The maximum Gasteiger partial charge on any atom is 0.416 e. The van der Waals surface area contributed by atoms with E-state index in [4.69, 9.17) is 4.74 Å². The fourth-order valence-electron chi connectivity index (χ4n) is 3.17. The number of carbonyl (C=O) groups is 3. The maximum atomic E-state index is 12.9. The van der Waals surface area contributed by atoms with E-state index in [2.05, 4.69) is 0 Å². The van der Waals surface area contributed by atoms with Crippen LogP contribution in [0.4, 0.5) is 18.9 Å². The summed E-state index contributed by atoms with van der Waals surface area (Å²) in [6.45, 7) is 0.940. The summed E-state index contributed by atoms with van der Waals surface area (Å²) in [5.41, 5.74) is -0.267. The number of ether oxygens (including phenoxy) is 1. The van der Waals surface area contributed by atoms with Crippen molar-refractivity contribution < 1.29 is 32.3 Å². The van der Waals surface area contributed by atoms with Crippen LogP contribution in [0.3, 0.4) is 0 Å². The molecule has 1 fully saturated rings. The summed E-state index contributed by atoms with van der Waals surface area (Å²) in [6.07, 6.45) is -4.50. The first-order valence-corrected chi connectivity index (χ1v) is 10.5. The zero-order valence-electron chi connectivity index (χ0n) is 16.6. The molecular weight excluding hydrogens is 433 g/mol. The van der Waals surface area contributed by atoms with Crippen molar-refractivity contribution in [3.05, 3.63) is 52.2 Å². The van der Waals surface area contributed by atoms with Gasteiger partial charge in [0, 0.05) is 38.3 Å². The maximum absolute atomic E-state index is 12.9. The number of anilines is 1. The van der Waals surface area contributed by atoms with Crippen LogP contribution in [0, 0.1) is 0 Å². The molecular formula is C21H21F3N2O4S. The number of hydrogen-bond donors (Lipinski definition) is 0. The number of Topliss-reactive ketones (excluding diaryl/α,β-unsaturated/α-hetero) is 1. The minimum Gasteiger partial charge on any atom is -0.456 e. The fourth-order valence-corrected chi connectivity index (χ4v) is 3.87. The average Bonchev–Trinajstić information content (AvgIpc) is 3.30. The Morgan fingerprint density at radius 3 is 2.39 bits per heavy atom. The quantitative estimate of drug-likeness (QED) is 0.472. The van der Waals surface area contributed by atoms with Crippen LogP contribution in [0.1, 0.15) is 28.1 Å². The molecule has 0 aliphatic carbocycles. The molecule has 1 aliphatic heterocycles. The summed E-state index contributed by atoms with van der Waals surface area (Å²) in [4.78, 5) is 39.8. The number of thiophene rings is 1. The van der Waals surface area contributed by atoms with Crippen LogP contribution in [0.15, 0.2) is 41.8 Å². The van der Waals surface area contributed by atoms with Crippen LogP contribution < -0.4 is 4.90 Å². The second kappa shape index (κ2) is 9.95. The van der Waals surface area contributed by atoms with Gasteiger partial charge in [0.05, 0.1) is 16.9 Å². The van der Waals surface area contributed by atoms with Crippen molar-refractivity contribution in [3.8, 4) is 0 Å². The van der Waals surface area contributed by atoms with E-state index in [0.29, 0.717) is 36.7 Å². The van der Waals surface area contributed by atoms with E-state index in [0.717, 1.165) is 12.1 Å². The number of rotatable bonds is 7. The Hall–Kier alpha value is -2.88. The molecule has 0 atom stereocenters. The van der Waals surface area contributed by atoms with Gasteiger partial charge in [0.15, 0.2) is 12.4 Å². The standard InChI is InChI=1S/C21H21F3N2O4S/c22-21(23,24)15-3-1-4-16(13-15)25-8-10-26(11-9-25)19(28)14-30-20(29)7-6-17(27)18-5-2-12-31-18/h1-5,12-13H,6-11,14H2. The number of benzene rings is 1. The average molecular weight is 454 g/mol. The zero-order valence-corrected chi connectivity index (χ0v) is 17.4. The van der Waals surface area contributed by atoms with Gasteiger partial charge in [0.2, 0.25) is 0 Å². The molecule has 0 bridgehead atoms. The van der Waals surface area contributed by atoms with Gasteiger partial charge >= 0.3 is 12.1 Å². The van der Waals surface area contributed by atoms with Crippen molar-refractivity contribution in [1.29, 1.82) is 0 Å². The summed E-state index contributed by atoms with van der Waals surface area (Å²) < 4.78 is 43.6. The molecule has 3 rings (SSSR count). The third kappa shape index (κ3) is 6.30. The highest BCUT2D eigenvalue weighted by atomic mass is 32.1. The highest BCUT2D eigenvalue weighted by Crippen LogP contribution is 2.31. The summed E-state index contributed by atoms with van der Waals surface area (Å²) >= 11 is 1.30. The number of carbonyl (C=O) groups excluding carboxylic acids is 3. The van der Waals surface area contributed by atoms with E-state index in [-0.39, 0.29) is 24.5 Å². The van der Waals surface area contributed by atoms with E-state index >= 15 is 0 Å². The summed E-state index contributed by atoms with van der Waals surface area (Å²) in [5, 5.41) is 1.77. The molecule has 1 aromatic carbocycles. The van der Waals surface area contributed by atoms with Gasteiger partial charge in [0.25, 0.3) is 5.91 Å². The van der Waals surface area contributed by atoms with Crippen LogP contribution in [0.5, 0.6) is 0 Å². The summed E-state index contributed by atoms with van der Waals surface area (Å²) in [7, 11) is 0. The molecule has 166 valence electrons. The normalized spacial score (nSPS) is 14.4. The third-order valence-corrected chi connectivity index (χ3v) is 5.79. The molecule has 31 heavy (non-hydrogen) atoms. The Balaban J connectivity index is 1.41. The van der Waals surface area contributed by atoms with Gasteiger partial charge in [-0.05, 0) is 29.6 Å². The molecule has 0 saturated carbocycles. The van der Waals surface area contributed by atoms with Crippen molar-refractivity contribution in [2.24, 2.45) is 0 Å². The summed E-state index contributed by atoms with van der Waals surface area (Å²) in [6, 6.07) is 8.51. The topological polar surface area (TPSA) is 66.9 Å². The second-order valence-electron chi connectivity index (χ2n) is 6.98. The molecule has 0 N–H and O–H groups in total. The largest absolute Gasteiger partial charge is 0.456 e. The van der Waals surface area contributed by atoms with Gasteiger partial charge < -0.3 is 14.5 Å². The van der Waals surface area contributed by atoms with Crippen LogP contribution in [-0.2, 0) is 20.5 Å². The first-order chi connectivity index (χ1) is 14.7. The highest BCUT2D eigenvalue weighted by Gasteiger charge is 2.31. The number of halogens is 3. The molecule has 6 nitrogen and oxygen atoms in total. The Morgan fingerprint density at radius 1 is 1.00 bits per heavy atom. The minimum atomic E-state index is -4.41. The van der Waals surface area contributed by atoms with E-state index in [9.17, 15) is 27.6 Å². The number of piperazine rings is 1. The van der Waals surface area contributed by atoms with E-state index in [1.807, 2.05) is 0 Å². The van der Waals surface area contributed by atoms with Crippen LogP contribution >= 0.6 is 11.3 Å². The fraction of sp³-hybridized carbons (Fsp3) is 0.381. The highest BCUT2D eigenvalue weighted by molar-refractivity contribution is 7.12. The van der Waals surface area contributed by atoms with Crippen LogP contribution in [0.25, 0.3) is 0 Å². The van der Waals surface area contributed by atoms with Gasteiger partial charge in [0.1, 0.15) is 0 Å². The predicted octanol–water partition coefficient (Wildman–Crippen LogP) is 3.62. The Kier molecular flexibility index (Phi) is 7.32. The molecule has 1 aromatic heterocycles. The first kappa shape index (κ1) is 22.8. The lowest BCUT2D eigenvalue weighted by molar-refractivity contribution is -0.152. The van der Waals surface area contributed by atoms with Crippen molar-refractivity contribution in [2.75, 3.05) is 37.7 Å². The monoisotopic (exact) mass is 454 g/mol. The third-order valence-electron chi connectivity index (χ3n) is 4.88. The molecule has 1 saturated heterocycles. The molecule has 1 aliphatic rings. The van der Waals surface area contributed by atoms with Gasteiger partial charge in [-0.2, -0.15) is 13.2 Å². The number of amides is 1. The van der Waals surface area contributed by atoms with Gasteiger partial charge in [-0.15, -0.1) is 11.3 Å². The van der Waals surface area contributed by atoms with Crippen molar-refractivity contribution in [2.45, 2.75) is 19.0 Å². The van der Waals surface area contributed by atoms with Crippen LogP contribution in [0.2, 0.25) is 0 Å². The lowest BCUT2D eigenvalue weighted by Crippen LogP contribution is -2.50. The molecule has 0 spiro atoms. The second-order valence-corrected chi connectivity index (χ2v) is 7.92. The lowest BCUT2D eigenvalue weighted by Gasteiger charge is -2.36. The molecule has 1 amide bonds. The van der Waals surface area contributed by atoms with Crippen molar-refractivity contribution >= 4 is 34.7 Å². The Morgan fingerprint density at radius 2 is 1.74 bits per heavy atom. The SMILES string of the molecule is O=C(CCC(=O)c1cccs1)OCC(=O)N1CCN(c2cccc(C(F)(F)F)c2)CC1. The predicted molar refractivity (Wildman–Crippen MR) is 109 cm³/mol. The smallest absolute Gasteiger partial charge is 0.416 e. The number of hydrogen-bond acceptors (Lipinski definition) is 6. The van der Waals surface area contributed by atoms with Crippen LogP contribution in [-0.4, -0.2) is 55.3 Å². The lowest BCUT2D eigenvalue weighted by atomic mass is 10.1. The number of ketones is 1. The number of alkyl halides is 3. The molecule has 0 radical (unpaired) electrons. The number of esters is 1. The summed E-state index contributed by atoms with van der Waals surface area (Å²) in [5.74, 6) is -1.15. The number of nitrogens with zero attached hydrogens (tertiary/aromatic N) is 2. The van der Waals surface area contributed by atoms with E-state index < -0.39 is 24.3 Å². The van der Waals surface area contributed by atoms with Gasteiger partial charge in [-0.25, -0.2) is 0 Å². The minimum absolute atomic E-state index is 0.0171. The van der Waals surface area contributed by atoms with E-state index in [1.54, 1.807) is 28.5 Å². The first-order valence-electron chi connectivity index (χ1n) is 9.66. The zero-order chi connectivity index (χ0) is 22.4. The molecule has 10 heteroatoms. The van der Waals surface area contributed by atoms with Crippen molar-refractivity contribution in [3.63, 3.8) is 0 Å². The van der Waals surface area contributed by atoms with Crippen molar-refractivity contribution in [1.82, 2.24) is 4.90 Å². The van der Waals surface area contributed by atoms with Gasteiger partial charge in [-0.1, -0.05) is 12.1 Å². The molecule has 2 aromatic rings. The van der Waals surface area contributed by atoms with E-state index in [1.165, 1.54) is 22.3 Å². The van der Waals surface area contributed by atoms with Gasteiger partial charge in [-0.3, -0.25) is 14.4 Å². The Labute approximate surface area is 181 Å². The molecule has 0 unspecified atom stereocenters. The Bertz CT molecular complexity index is 923.